The summed E-state index contributed by atoms with van der Waals surface area (Å²) in [7, 11) is 0.137. The number of nitrogens with zero attached hydrogens (tertiary/aromatic N) is 2. The molecule has 2 fully saturated rings. The van der Waals surface area contributed by atoms with Gasteiger partial charge in [-0.25, -0.2) is 13.1 Å². The van der Waals surface area contributed by atoms with Crippen LogP contribution in [0.1, 0.15) is 25.7 Å². The van der Waals surface area contributed by atoms with Gasteiger partial charge < -0.3 is 14.4 Å². The summed E-state index contributed by atoms with van der Waals surface area (Å²) in [5.74, 6) is 1.95. The molecule has 0 radical (unpaired) electrons. The number of nitrogens with one attached hydrogen (secondary N) is 1. The van der Waals surface area contributed by atoms with E-state index in [4.69, 9.17) is 9.47 Å². The molecule has 0 bridgehead atoms. The van der Waals surface area contributed by atoms with Crippen molar-refractivity contribution in [2.75, 3.05) is 45.0 Å². The van der Waals surface area contributed by atoms with Gasteiger partial charge in [0.15, 0.2) is 11.5 Å². The second-order valence-electron chi connectivity index (χ2n) is 8.27. The van der Waals surface area contributed by atoms with E-state index in [2.05, 4.69) is 20.7 Å². The average molecular weight is 420 g/mol. The van der Waals surface area contributed by atoms with E-state index < -0.39 is 10.0 Å². The molecule has 1 N–H and O–H groups in total. The first-order chi connectivity index (χ1) is 13.8. The van der Waals surface area contributed by atoms with Gasteiger partial charge in [0, 0.05) is 43.0 Å². The van der Waals surface area contributed by atoms with Crippen LogP contribution in [0.5, 0.6) is 11.5 Å². The topological polar surface area (TPSA) is 80.8 Å². The summed E-state index contributed by atoms with van der Waals surface area (Å²) in [6, 6.07) is 5.98. The minimum atomic E-state index is -3.14. The van der Waals surface area contributed by atoms with E-state index in [0.29, 0.717) is 24.0 Å². The van der Waals surface area contributed by atoms with Crippen molar-refractivity contribution in [3.8, 4) is 11.5 Å². The Morgan fingerprint density at radius 3 is 2.41 bits per heavy atom. The second-order valence-corrected chi connectivity index (χ2v) is 10.1. The number of hydrogen-bond donors (Lipinski definition) is 1. The summed E-state index contributed by atoms with van der Waals surface area (Å²) in [4.78, 5) is 6.91. The lowest BCUT2D eigenvalue weighted by atomic mass is 9.81. The van der Waals surface area contributed by atoms with E-state index in [-0.39, 0.29) is 5.41 Å². The van der Waals surface area contributed by atoms with E-state index in [0.717, 1.165) is 55.4 Å². The Morgan fingerprint density at radius 1 is 1.17 bits per heavy atom. The monoisotopic (exact) mass is 419 g/mol. The third kappa shape index (κ3) is 4.14. The fourth-order valence-electron chi connectivity index (χ4n) is 4.63. The van der Waals surface area contributed by atoms with Gasteiger partial charge in [-0.2, -0.15) is 0 Å². The Balaban J connectivity index is 1.51. The molecule has 0 amide bonds. The fourth-order valence-corrected chi connectivity index (χ4v) is 5.18. The van der Waals surface area contributed by atoms with Crippen molar-refractivity contribution < 1.29 is 17.9 Å². The average Bonchev–Trinajstić information content (AvgIpc) is 3.51. The van der Waals surface area contributed by atoms with Crippen LogP contribution in [0, 0.1) is 11.3 Å². The third-order valence-electron chi connectivity index (χ3n) is 6.50. The number of ether oxygens (including phenoxy) is 2. The van der Waals surface area contributed by atoms with Crippen molar-refractivity contribution in [3.63, 3.8) is 0 Å². The van der Waals surface area contributed by atoms with Crippen LogP contribution in [-0.2, 0) is 10.0 Å². The van der Waals surface area contributed by atoms with Crippen molar-refractivity contribution in [2.24, 2.45) is 11.3 Å². The number of fused-ring (bicyclic) bond motifs is 1. The standard InChI is InChI=1S/C21H29N3O4S/c1-27-19-12-16-17(13-20(19)28-2)22-9-4-18(16)24-10-5-15(6-11-24)21(7-8-21)14-23-29(3,25)26/h4,9,12-13,15,23H,5-8,10-11,14H2,1-3H3. The zero-order valence-corrected chi connectivity index (χ0v) is 18.1. The van der Waals surface area contributed by atoms with Gasteiger partial charge in [0.1, 0.15) is 0 Å². The van der Waals surface area contributed by atoms with Gasteiger partial charge in [0.2, 0.25) is 10.0 Å². The number of aromatic nitrogens is 1. The number of rotatable bonds is 7. The predicted octanol–water partition coefficient (Wildman–Crippen LogP) is 2.80. The van der Waals surface area contributed by atoms with Crippen LogP contribution in [0.15, 0.2) is 24.4 Å². The number of methoxy groups -OCH3 is 2. The largest absolute Gasteiger partial charge is 0.493 e. The minimum absolute atomic E-state index is 0.159. The summed E-state index contributed by atoms with van der Waals surface area (Å²) in [6.45, 7) is 2.49. The van der Waals surface area contributed by atoms with Gasteiger partial charge in [-0.1, -0.05) is 0 Å². The molecule has 2 heterocycles. The van der Waals surface area contributed by atoms with E-state index in [1.807, 2.05) is 18.3 Å². The summed E-state index contributed by atoms with van der Waals surface area (Å²) < 4.78 is 36.6. The number of anilines is 1. The highest BCUT2D eigenvalue weighted by Gasteiger charge is 2.49. The number of pyridine rings is 1. The molecule has 8 heteroatoms. The van der Waals surface area contributed by atoms with Gasteiger partial charge in [-0.3, -0.25) is 4.98 Å². The highest BCUT2D eigenvalue weighted by molar-refractivity contribution is 7.88. The van der Waals surface area contributed by atoms with E-state index in [1.165, 1.54) is 6.26 Å². The van der Waals surface area contributed by atoms with Gasteiger partial charge in [-0.05, 0) is 49.1 Å². The fraction of sp³-hybridized carbons (Fsp3) is 0.571. The van der Waals surface area contributed by atoms with Crippen molar-refractivity contribution in [1.29, 1.82) is 0 Å². The normalized spacial score (nSPS) is 19.3. The highest BCUT2D eigenvalue weighted by atomic mass is 32.2. The van der Waals surface area contributed by atoms with Crippen LogP contribution in [0.3, 0.4) is 0 Å². The SMILES string of the molecule is COc1cc2nccc(N3CCC(C4(CNS(C)(=O)=O)CC4)CC3)c2cc1OC. The van der Waals surface area contributed by atoms with Gasteiger partial charge in [0.05, 0.1) is 26.0 Å². The molecule has 2 aliphatic rings. The molecule has 1 aliphatic carbocycles. The zero-order valence-electron chi connectivity index (χ0n) is 17.3. The van der Waals surface area contributed by atoms with Crippen LogP contribution < -0.4 is 19.1 Å². The second kappa shape index (κ2) is 7.65. The molecule has 158 valence electrons. The Kier molecular flexibility index (Phi) is 5.33. The summed E-state index contributed by atoms with van der Waals surface area (Å²) in [5.41, 5.74) is 2.21. The summed E-state index contributed by atoms with van der Waals surface area (Å²) in [6.07, 6.45) is 7.47. The number of sulfonamides is 1. The Labute approximate surface area is 172 Å². The van der Waals surface area contributed by atoms with Crippen molar-refractivity contribution in [2.45, 2.75) is 25.7 Å². The Hall–Kier alpha value is -2.06. The molecule has 1 aromatic heterocycles. The molecule has 4 rings (SSSR count). The lowest BCUT2D eigenvalue weighted by Gasteiger charge is -2.38. The molecule has 0 spiro atoms. The molecule has 1 saturated heterocycles. The minimum Gasteiger partial charge on any atom is -0.493 e. The Morgan fingerprint density at radius 2 is 1.83 bits per heavy atom. The maximum atomic E-state index is 11.5. The van der Waals surface area contributed by atoms with Gasteiger partial charge in [0.25, 0.3) is 0 Å². The van der Waals surface area contributed by atoms with Crippen molar-refractivity contribution in [3.05, 3.63) is 24.4 Å². The van der Waals surface area contributed by atoms with Gasteiger partial charge in [-0.15, -0.1) is 0 Å². The zero-order chi connectivity index (χ0) is 20.6. The highest BCUT2D eigenvalue weighted by Crippen LogP contribution is 2.55. The van der Waals surface area contributed by atoms with Crippen molar-refractivity contribution in [1.82, 2.24) is 9.71 Å². The molecule has 7 nitrogen and oxygen atoms in total. The van der Waals surface area contributed by atoms with Crippen LogP contribution in [0.25, 0.3) is 10.9 Å². The Bertz CT molecular complexity index is 996. The van der Waals surface area contributed by atoms with E-state index >= 15 is 0 Å². The number of piperidine rings is 1. The van der Waals surface area contributed by atoms with Gasteiger partial charge >= 0.3 is 0 Å². The van der Waals surface area contributed by atoms with Crippen molar-refractivity contribution >= 4 is 26.6 Å². The first-order valence-corrected chi connectivity index (χ1v) is 11.9. The van der Waals surface area contributed by atoms with Crippen LogP contribution in [-0.4, -0.2) is 53.5 Å². The van der Waals surface area contributed by atoms with E-state index in [1.54, 1.807) is 14.2 Å². The van der Waals surface area contributed by atoms with Crippen LogP contribution >= 0.6 is 0 Å². The predicted molar refractivity (Wildman–Crippen MR) is 114 cm³/mol. The maximum Gasteiger partial charge on any atom is 0.208 e. The smallest absolute Gasteiger partial charge is 0.208 e. The molecular formula is C21H29N3O4S. The molecule has 29 heavy (non-hydrogen) atoms. The molecule has 2 aromatic rings. The quantitative estimate of drug-likeness (QED) is 0.743. The summed E-state index contributed by atoms with van der Waals surface area (Å²) in [5, 5.41) is 1.06. The molecule has 0 atom stereocenters. The lowest BCUT2D eigenvalue weighted by molar-refractivity contribution is 0.253. The number of hydrogen-bond acceptors (Lipinski definition) is 6. The van der Waals surface area contributed by atoms with Crippen LogP contribution in [0.4, 0.5) is 5.69 Å². The molecule has 1 aliphatic heterocycles. The molecule has 0 unspecified atom stereocenters. The van der Waals surface area contributed by atoms with E-state index in [9.17, 15) is 8.42 Å². The molecular weight excluding hydrogens is 390 g/mol. The van der Waals surface area contributed by atoms with Crippen LogP contribution in [0.2, 0.25) is 0 Å². The summed E-state index contributed by atoms with van der Waals surface area (Å²) >= 11 is 0. The third-order valence-corrected chi connectivity index (χ3v) is 7.17. The molecule has 1 saturated carbocycles. The maximum absolute atomic E-state index is 11.5. The number of benzene rings is 1. The first-order valence-electron chi connectivity index (χ1n) is 10.1. The molecule has 1 aromatic carbocycles. The lowest BCUT2D eigenvalue weighted by Crippen LogP contribution is -2.40. The first kappa shape index (κ1) is 20.2.